The molecule has 0 radical (unpaired) electrons. The predicted molar refractivity (Wildman–Crippen MR) is 130 cm³/mol. The van der Waals surface area contributed by atoms with Crippen LogP contribution < -0.4 is 20.3 Å². The van der Waals surface area contributed by atoms with Gasteiger partial charge >= 0.3 is 0 Å². The first-order valence-electron chi connectivity index (χ1n) is 10.3. The molecule has 13 heteroatoms. The van der Waals surface area contributed by atoms with E-state index in [1.807, 2.05) is 0 Å². The fourth-order valence-corrected chi connectivity index (χ4v) is 3.91. The lowest BCUT2D eigenvalue weighted by Crippen LogP contribution is -2.22. The van der Waals surface area contributed by atoms with Crippen molar-refractivity contribution in [2.45, 2.75) is 13.0 Å². The summed E-state index contributed by atoms with van der Waals surface area (Å²) in [7, 11) is 2.82. The summed E-state index contributed by atoms with van der Waals surface area (Å²) in [6.45, 7) is 0.215. The van der Waals surface area contributed by atoms with Crippen molar-refractivity contribution in [3.63, 3.8) is 0 Å². The average Bonchev–Trinajstić information content (AvgIpc) is 3.31. The number of aromatic nitrogens is 4. The number of rotatable bonds is 8. The smallest absolute Gasteiger partial charge is 0.296 e. The van der Waals surface area contributed by atoms with E-state index in [0.29, 0.717) is 5.02 Å². The second kappa shape index (κ2) is 10.8. The molecule has 186 valence electrons. The number of ether oxygens (including phenoxy) is 2. The molecule has 3 heterocycles. The molecule has 0 aliphatic rings. The largest absolute Gasteiger partial charge is 0.494 e. The molecule has 0 saturated carbocycles. The van der Waals surface area contributed by atoms with Gasteiger partial charge in [-0.1, -0.05) is 28.8 Å². The lowest BCUT2D eigenvalue weighted by molar-refractivity contribution is 0.102. The first kappa shape index (κ1) is 25.2. The van der Waals surface area contributed by atoms with E-state index < -0.39 is 23.6 Å². The Labute approximate surface area is 212 Å². The first-order valence-corrected chi connectivity index (χ1v) is 11.5. The maximum atomic E-state index is 13.3. The van der Waals surface area contributed by atoms with Crippen molar-refractivity contribution in [3.05, 3.63) is 81.0 Å². The van der Waals surface area contributed by atoms with Crippen LogP contribution >= 0.6 is 22.9 Å². The number of nitrogens with zero attached hydrogens (tertiary/aromatic N) is 4. The molecule has 0 bridgehead atoms. The van der Waals surface area contributed by atoms with Crippen LogP contribution in [0.15, 0.2) is 53.6 Å². The van der Waals surface area contributed by atoms with E-state index in [2.05, 4.69) is 20.5 Å². The van der Waals surface area contributed by atoms with Crippen LogP contribution in [0.4, 0.5) is 13.9 Å². The number of carbonyl (C=O) groups excluding carboxylic acids is 1. The van der Waals surface area contributed by atoms with Gasteiger partial charge in [0.1, 0.15) is 18.1 Å². The average molecular weight is 534 g/mol. The summed E-state index contributed by atoms with van der Waals surface area (Å²) in [6.07, 6.45) is -0.337. The Morgan fingerprint density at radius 2 is 1.94 bits per heavy atom. The van der Waals surface area contributed by atoms with Gasteiger partial charge in [0.15, 0.2) is 0 Å². The Hall–Kier alpha value is -3.90. The van der Waals surface area contributed by atoms with Gasteiger partial charge in [-0.3, -0.25) is 19.9 Å². The van der Waals surface area contributed by atoms with Crippen LogP contribution in [0, 0.1) is 0 Å². The maximum absolute atomic E-state index is 13.3. The molecule has 0 unspecified atom stereocenters. The summed E-state index contributed by atoms with van der Waals surface area (Å²) >= 11 is 6.85. The molecule has 1 aromatic carbocycles. The van der Waals surface area contributed by atoms with E-state index in [-0.39, 0.29) is 39.4 Å². The molecule has 0 saturated heterocycles. The molecule has 0 aliphatic heterocycles. The van der Waals surface area contributed by atoms with E-state index in [1.165, 1.54) is 24.9 Å². The second-order valence-electron chi connectivity index (χ2n) is 7.40. The normalized spacial score (nSPS) is 10.9. The van der Waals surface area contributed by atoms with Crippen molar-refractivity contribution in [2.75, 3.05) is 12.4 Å². The lowest BCUT2D eigenvalue weighted by Gasteiger charge is -2.14. The van der Waals surface area contributed by atoms with Crippen LogP contribution in [0.5, 0.6) is 10.9 Å². The van der Waals surface area contributed by atoms with Crippen LogP contribution in [0.1, 0.15) is 28.0 Å². The Balaban J connectivity index is 1.60. The molecule has 0 fully saturated rings. The number of nitrogens with one attached hydrogen (secondary N) is 1. The molecule has 1 N–H and O–H groups in total. The molecule has 3 aromatic heterocycles. The monoisotopic (exact) mass is 533 g/mol. The fourth-order valence-electron chi connectivity index (χ4n) is 3.19. The number of pyridine rings is 2. The van der Waals surface area contributed by atoms with E-state index in [4.69, 9.17) is 21.1 Å². The van der Waals surface area contributed by atoms with Crippen molar-refractivity contribution in [1.29, 1.82) is 0 Å². The third kappa shape index (κ3) is 5.66. The first-order chi connectivity index (χ1) is 17.2. The fraction of sp³-hybridized carbons (Fsp3) is 0.174. The Morgan fingerprint density at radius 3 is 2.64 bits per heavy atom. The molecular weight excluding hydrogens is 516 g/mol. The summed E-state index contributed by atoms with van der Waals surface area (Å²) < 4.78 is 38.7. The Bertz CT molecular complexity index is 1460. The summed E-state index contributed by atoms with van der Waals surface area (Å²) in [5, 5.41) is 11.3. The molecule has 0 aliphatic carbocycles. The van der Waals surface area contributed by atoms with Crippen LogP contribution in [0.3, 0.4) is 0 Å². The second-order valence-corrected chi connectivity index (χ2v) is 8.78. The highest BCUT2D eigenvalue weighted by Crippen LogP contribution is 2.34. The summed E-state index contributed by atoms with van der Waals surface area (Å²) in [4.78, 5) is 29.1. The summed E-state index contributed by atoms with van der Waals surface area (Å²) in [5.41, 5.74) is 0.182. The Kier molecular flexibility index (Phi) is 7.55. The third-order valence-electron chi connectivity index (χ3n) is 5.00. The molecule has 0 atom stereocenters. The minimum absolute atomic E-state index is 0.0679. The summed E-state index contributed by atoms with van der Waals surface area (Å²) in [5.74, 6) is -0.540. The SMILES string of the molecule is COc1cnc(C(F)F)cc1-c1cn(C)c(=O)cc1C(=O)Nc1nnc(OCc2ccc(Cl)cc2)s1. The van der Waals surface area contributed by atoms with Gasteiger partial charge in [-0.25, -0.2) is 8.78 Å². The van der Waals surface area contributed by atoms with Crippen LogP contribution in [-0.4, -0.2) is 32.8 Å². The zero-order valence-electron chi connectivity index (χ0n) is 18.9. The van der Waals surface area contributed by atoms with Gasteiger partial charge in [-0.2, -0.15) is 0 Å². The van der Waals surface area contributed by atoms with Gasteiger partial charge in [0.2, 0.25) is 5.13 Å². The number of halogens is 3. The number of alkyl halides is 2. The van der Waals surface area contributed by atoms with E-state index >= 15 is 0 Å². The maximum Gasteiger partial charge on any atom is 0.296 e. The number of carbonyl (C=O) groups is 1. The van der Waals surface area contributed by atoms with Gasteiger partial charge in [0.25, 0.3) is 23.1 Å². The number of amides is 1. The molecular formula is C23H18ClF2N5O4S. The van der Waals surface area contributed by atoms with E-state index in [9.17, 15) is 18.4 Å². The van der Waals surface area contributed by atoms with Crippen molar-refractivity contribution < 1.29 is 23.0 Å². The van der Waals surface area contributed by atoms with E-state index in [0.717, 1.165) is 35.2 Å². The molecule has 4 aromatic rings. The third-order valence-corrected chi connectivity index (χ3v) is 6.00. The van der Waals surface area contributed by atoms with Crippen LogP contribution in [0.25, 0.3) is 11.1 Å². The molecule has 0 spiro atoms. The summed E-state index contributed by atoms with van der Waals surface area (Å²) in [6, 6.07) is 9.29. The van der Waals surface area contributed by atoms with Gasteiger partial charge in [0, 0.05) is 35.5 Å². The van der Waals surface area contributed by atoms with Gasteiger partial charge in [-0.15, -0.1) is 5.10 Å². The quantitative estimate of drug-likeness (QED) is 0.349. The molecule has 1 amide bonds. The zero-order chi connectivity index (χ0) is 25.8. The lowest BCUT2D eigenvalue weighted by atomic mass is 10.0. The van der Waals surface area contributed by atoms with Gasteiger partial charge in [-0.05, 0) is 35.1 Å². The van der Waals surface area contributed by atoms with Crippen molar-refractivity contribution in [3.8, 4) is 22.1 Å². The van der Waals surface area contributed by atoms with Crippen molar-refractivity contribution in [1.82, 2.24) is 19.7 Å². The minimum atomic E-state index is -2.84. The minimum Gasteiger partial charge on any atom is -0.494 e. The molecule has 4 rings (SSSR count). The topological polar surface area (TPSA) is 108 Å². The Morgan fingerprint density at radius 1 is 1.19 bits per heavy atom. The zero-order valence-corrected chi connectivity index (χ0v) is 20.4. The number of aryl methyl sites for hydroxylation is 1. The van der Waals surface area contributed by atoms with Crippen LogP contribution in [0.2, 0.25) is 5.02 Å². The number of methoxy groups -OCH3 is 1. The van der Waals surface area contributed by atoms with Crippen molar-refractivity contribution in [2.24, 2.45) is 7.05 Å². The van der Waals surface area contributed by atoms with Crippen molar-refractivity contribution >= 4 is 34.0 Å². The predicted octanol–water partition coefficient (Wildman–Crippen LogP) is 4.73. The number of hydrogen-bond acceptors (Lipinski definition) is 8. The van der Waals surface area contributed by atoms with E-state index in [1.54, 1.807) is 24.3 Å². The highest BCUT2D eigenvalue weighted by molar-refractivity contribution is 7.17. The highest BCUT2D eigenvalue weighted by atomic mass is 35.5. The van der Waals surface area contributed by atoms with Gasteiger partial charge < -0.3 is 14.0 Å². The molecule has 36 heavy (non-hydrogen) atoms. The molecule has 9 nitrogen and oxygen atoms in total. The van der Waals surface area contributed by atoms with Crippen LogP contribution in [-0.2, 0) is 13.7 Å². The standard InChI is InChI=1S/C23H18ClF2N5O4S/c1-31-10-16(14-7-17(20(25)26)27-9-18(14)34-2)15(8-19(31)32)21(33)28-22-29-30-23(36-22)35-11-12-3-5-13(24)6-4-12/h3-10,20H,11H2,1-2H3,(H,28,29,33). The number of anilines is 1. The number of benzene rings is 1. The highest BCUT2D eigenvalue weighted by Gasteiger charge is 2.22. The number of hydrogen-bond donors (Lipinski definition) is 1. The van der Waals surface area contributed by atoms with Gasteiger partial charge in [0.05, 0.1) is 18.9 Å².